The van der Waals surface area contributed by atoms with Gasteiger partial charge in [-0.2, -0.15) is 0 Å². The highest BCUT2D eigenvalue weighted by Gasteiger charge is 2.65. The van der Waals surface area contributed by atoms with Crippen LogP contribution in [0.5, 0.6) is 5.75 Å². The fraction of sp³-hybridized carbons (Fsp3) is 0.533. The SMILES string of the molecule is COC(=O)C1=CO[C@@H](O[C@@H]2O[C@H](CO)[C@@H](O)[C@H](O)[C@H]2O)[C@@H]2[C@H](C(=O)OC)[C@@H](C(=O)/C=C\c3ccc(OC)cc3)[C@@H](OC(C)=O)[C@H]12. The van der Waals surface area contributed by atoms with Crippen LogP contribution in [0.1, 0.15) is 12.5 Å². The first-order chi connectivity index (χ1) is 21.5. The molecule has 0 unspecified atom stereocenters. The van der Waals surface area contributed by atoms with Gasteiger partial charge in [0.2, 0.25) is 6.29 Å². The van der Waals surface area contributed by atoms with E-state index in [0.29, 0.717) is 11.3 Å². The summed E-state index contributed by atoms with van der Waals surface area (Å²) >= 11 is 0. The lowest BCUT2D eigenvalue weighted by atomic mass is 9.81. The molecule has 0 radical (unpaired) electrons. The van der Waals surface area contributed by atoms with Gasteiger partial charge in [0.05, 0.1) is 51.6 Å². The molecule has 45 heavy (non-hydrogen) atoms. The first-order valence-electron chi connectivity index (χ1n) is 14.0. The number of carbonyl (C=O) groups excluding carboxylic acids is 4. The van der Waals surface area contributed by atoms with Crippen LogP contribution in [0, 0.1) is 23.7 Å². The van der Waals surface area contributed by atoms with Crippen molar-refractivity contribution in [1.29, 1.82) is 0 Å². The number of methoxy groups -OCH3 is 3. The smallest absolute Gasteiger partial charge is 0.337 e. The largest absolute Gasteiger partial charge is 0.497 e. The van der Waals surface area contributed by atoms with Gasteiger partial charge in [-0.3, -0.25) is 14.4 Å². The minimum atomic E-state index is -1.84. The fourth-order valence-corrected chi connectivity index (χ4v) is 6.00. The van der Waals surface area contributed by atoms with E-state index >= 15 is 0 Å². The predicted octanol–water partition coefficient (Wildman–Crippen LogP) is -0.910. The summed E-state index contributed by atoms with van der Waals surface area (Å²) in [6.45, 7) is 0.350. The third-order valence-electron chi connectivity index (χ3n) is 8.12. The summed E-state index contributed by atoms with van der Waals surface area (Å²) in [4.78, 5) is 52.5. The van der Waals surface area contributed by atoms with Crippen LogP contribution >= 0.6 is 0 Å². The molecule has 2 heterocycles. The van der Waals surface area contributed by atoms with Gasteiger partial charge < -0.3 is 53.6 Å². The lowest BCUT2D eigenvalue weighted by molar-refractivity contribution is -0.342. The summed E-state index contributed by atoms with van der Waals surface area (Å²) in [6, 6.07) is 6.74. The lowest BCUT2D eigenvalue weighted by Gasteiger charge is -2.43. The van der Waals surface area contributed by atoms with Crippen molar-refractivity contribution in [3.05, 3.63) is 47.7 Å². The van der Waals surface area contributed by atoms with Crippen LogP contribution in [-0.2, 0) is 47.6 Å². The Hall–Kier alpha value is -3.86. The van der Waals surface area contributed by atoms with Crippen molar-refractivity contribution in [1.82, 2.24) is 0 Å². The summed E-state index contributed by atoms with van der Waals surface area (Å²) in [5, 5.41) is 40.6. The number of rotatable bonds is 10. The summed E-state index contributed by atoms with van der Waals surface area (Å²) in [5.74, 6) is -8.07. The zero-order chi connectivity index (χ0) is 33.0. The van der Waals surface area contributed by atoms with Gasteiger partial charge in [-0.25, -0.2) is 4.79 Å². The highest BCUT2D eigenvalue weighted by molar-refractivity contribution is 6.00. The average Bonchev–Trinajstić information content (AvgIpc) is 3.37. The molecule has 15 heteroatoms. The minimum absolute atomic E-state index is 0.175. The van der Waals surface area contributed by atoms with Gasteiger partial charge in [-0.1, -0.05) is 18.2 Å². The standard InChI is InChI=1S/C30H36O15/c1-13(32)43-26-19-16(27(37)40-3)12-42-29(45-30-25(36)24(35)23(34)18(11-31)44-30)22(19)21(28(38)41-4)20(26)17(33)10-7-14-5-8-15(39-2)9-6-14/h5-10,12,18-26,29-31,34-36H,11H2,1-4H3/b10-7-/t18-,19-,20-,21-,22+,23-,24+,25-,26+,29+,30+/m1/s1. The molecular weight excluding hydrogens is 600 g/mol. The molecule has 0 bridgehead atoms. The van der Waals surface area contributed by atoms with Gasteiger partial charge in [-0.15, -0.1) is 0 Å². The van der Waals surface area contributed by atoms with Gasteiger partial charge in [0.15, 0.2) is 12.1 Å². The maximum absolute atomic E-state index is 13.9. The molecule has 11 atom stereocenters. The summed E-state index contributed by atoms with van der Waals surface area (Å²) in [6.07, 6.45) is -7.71. The number of fused-ring (bicyclic) bond motifs is 1. The number of esters is 3. The van der Waals surface area contributed by atoms with Gasteiger partial charge in [-0.05, 0) is 23.8 Å². The molecule has 0 spiro atoms. The zero-order valence-electron chi connectivity index (χ0n) is 24.9. The van der Waals surface area contributed by atoms with Crippen molar-refractivity contribution < 1.29 is 72.8 Å². The third-order valence-corrected chi connectivity index (χ3v) is 8.12. The average molecular weight is 637 g/mol. The lowest BCUT2D eigenvalue weighted by Crippen LogP contribution is -2.60. The molecule has 246 valence electrons. The molecule has 2 aliphatic heterocycles. The number of aliphatic hydroxyl groups is 4. The van der Waals surface area contributed by atoms with Gasteiger partial charge in [0.25, 0.3) is 0 Å². The number of allylic oxidation sites excluding steroid dienone is 1. The third kappa shape index (κ3) is 6.88. The monoisotopic (exact) mass is 636 g/mol. The van der Waals surface area contributed by atoms with Crippen LogP contribution < -0.4 is 4.74 Å². The van der Waals surface area contributed by atoms with Crippen LogP contribution in [0.2, 0.25) is 0 Å². The van der Waals surface area contributed by atoms with E-state index < -0.39 is 97.1 Å². The van der Waals surface area contributed by atoms with Crippen LogP contribution in [0.4, 0.5) is 0 Å². The Kier molecular flexibility index (Phi) is 11.0. The van der Waals surface area contributed by atoms with Crippen molar-refractivity contribution >= 4 is 29.8 Å². The number of aliphatic hydroxyl groups excluding tert-OH is 4. The molecule has 1 saturated heterocycles. The molecule has 2 fully saturated rings. The Bertz CT molecular complexity index is 1300. The number of ketones is 1. The maximum atomic E-state index is 13.9. The zero-order valence-corrected chi connectivity index (χ0v) is 24.9. The van der Waals surface area contributed by atoms with Gasteiger partial charge in [0.1, 0.15) is 36.3 Å². The van der Waals surface area contributed by atoms with Crippen molar-refractivity contribution in [2.45, 2.75) is 50.0 Å². The first-order valence-corrected chi connectivity index (χ1v) is 14.0. The molecule has 3 aliphatic rings. The molecule has 4 rings (SSSR count). The van der Waals surface area contributed by atoms with E-state index in [4.69, 9.17) is 33.2 Å². The Morgan fingerprint density at radius 3 is 2.18 bits per heavy atom. The molecule has 1 aromatic carbocycles. The van der Waals surface area contributed by atoms with E-state index in [1.54, 1.807) is 24.3 Å². The second-order valence-electron chi connectivity index (χ2n) is 10.7. The number of benzene rings is 1. The minimum Gasteiger partial charge on any atom is -0.497 e. The Morgan fingerprint density at radius 2 is 1.60 bits per heavy atom. The van der Waals surface area contributed by atoms with E-state index in [1.165, 1.54) is 19.3 Å². The highest BCUT2D eigenvalue weighted by Crippen LogP contribution is 2.53. The van der Waals surface area contributed by atoms with E-state index in [9.17, 15) is 39.6 Å². The summed E-state index contributed by atoms with van der Waals surface area (Å²) < 4.78 is 37.7. The van der Waals surface area contributed by atoms with Crippen LogP contribution in [0.3, 0.4) is 0 Å². The molecule has 1 aliphatic carbocycles. The number of ether oxygens (including phenoxy) is 7. The second kappa shape index (κ2) is 14.5. The van der Waals surface area contributed by atoms with Crippen LogP contribution in [-0.4, -0.2) is 115 Å². The number of hydrogen-bond acceptors (Lipinski definition) is 15. The highest BCUT2D eigenvalue weighted by atomic mass is 16.8. The summed E-state index contributed by atoms with van der Waals surface area (Å²) in [5.41, 5.74) is 0.436. The fourth-order valence-electron chi connectivity index (χ4n) is 6.00. The molecular formula is C30H36O15. The molecule has 1 saturated carbocycles. The van der Waals surface area contributed by atoms with E-state index in [1.807, 2.05) is 0 Å². The van der Waals surface area contributed by atoms with E-state index in [0.717, 1.165) is 27.4 Å². The van der Waals surface area contributed by atoms with Gasteiger partial charge in [0, 0.05) is 18.8 Å². The molecule has 0 aromatic heterocycles. The van der Waals surface area contributed by atoms with E-state index in [-0.39, 0.29) is 5.57 Å². The van der Waals surface area contributed by atoms with Crippen molar-refractivity contribution in [2.75, 3.05) is 27.9 Å². The normalized spacial score (nSPS) is 34.2. The number of hydrogen-bond donors (Lipinski definition) is 4. The van der Waals surface area contributed by atoms with Crippen LogP contribution in [0.25, 0.3) is 6.08 Å². The van der Waals surface area contributed by atoms with Gasteiger partial charge >= 0.3 is 17.9 Å². The molecule has 1 aromatic rings. The van der Waals surface area contributed by atoms with Crippen molar-refractivity contribution in [3.63, 3.8) is 0 Å². The van der Waals surface area contributed by atoms with Crippen molar-refractivity contribution in [3.8, 4) is 5.75 Å². The predicted molar refractivity (Wildman–Crippen MR) is 148 cm³/mol. The summed E-state index contributed by atoms with van der Waals surface area (Å²) in [7, 11) is 3.69. The molecule has 0 amide bonds. The van der Waals surface area contributed by atoms with Crippen molar-refractivity contribution in [2.24, 2.45) is 23.7 Å². The Labute approximate surface area is 257 Å². The Balaban J connectivity index is 1.78. The molecule has 4 N–H and O–H groups in total. The van der Waals surface area contributed by atoms with Crippen LogP contribution in [0.15, 0.2) is 42.2 Å². The van der Waals surface area contributed by atoms with E-state index in [2.05, 4.69) is 0 Å². The maximum Gasteiger partial charge on any atom is 0.337 e. The Morgan fingerprint density at radius 1 is 0.911 bits per heavy atom. The quantitative estimate of drug-likeness (QED) is 0.139. The number of carbonyl (C=O) groups is 4. The topological polar surface area (TPSA) is 214 Å². The second-order valence-corrected chi connectivity index (χ2v) is 10.7. The molecule has 15 nitrogen and oxygen atoms in total. The first kappa shape index (κ1) is 34.0.